The Kier molecular flexibility index (Phi) is 5.04. The molecule has 2 aromatic carbocycles. The number of benzene rings is 2. The molecule has 0 saturated heterocycles. The third-order valence-electron chi connectivity index (χ3n) is 5.36. The maximum absolute atomic E-state index is 14.0. The summed E-state index contributed by atoms with van der Waals surface area (Å²) in [5.41, 5.74) is 0.869. The van der Waals surface area contributed by atoms with Gasteiger partial charge in [0.1, 0.15) is 5.69 Å². The molecule has 1 N–H and O–H groups in total. The molecule has 31 heavy (non-hydrogen) atoms. The minimum atomic E-state index is -1.04. The molecular formula is C22H17F4N3O2. The molecule has 1 unspecified atom stereocenters. The normalized spacial score (nSPS) is 12.4. The molecule has 4 rings (SSSR count). The van der Waals surface area contributed by atoms with Gasteiger partial charge in [-0.05, 0) is 36.6 Å². The van der Waals surface area contributed by atoms with Crippen molar-refractivity contribution < 1.29 is 27.1 Å². The van der Waals surface area contributed by atoms with Crippen LogP contribution in [0.1, 0.15) is 29.0 Å². The average molecular weight is 431 g/mol. The van der Waals surface area contributed by atoms with Crippen LogP contribution in [0.5, 0.6) is 5.88 Å². The molecule has 0 saturated carbocycles. The first-order chi connectivity index (χ1) is 14.7. The van der Waals surface area contributed by atoms with Gasteiger partial charge >= 0.3 is 0 Å². The Hall–Kier alpha value is -3.62. The smallest absolute Gasteiger partial charge is 0.270 e. The van der Waals surface area contributed by atoms with Crippen LogP contribution in [0, 0.1) is 23.3 Å². The minimum Gasteiger partial charge on any atom is -0.481 e. The van der Waals surface area contributed by atoms with Gasteiger partial charge in [0.25, 0.3) is 5.91 Å². The predicted octanol–water partition coefficient (Wildman–Crippen LogP) is 5.11. The third-order valence-corrected chi connectivity index (χ3v) is 5.36. The summed E-state index contributed by atoms with van der Waals surface area (Å²) in [5.74, 6) is -4.46. The Labute approximate surface area is 174 Å². The number of nitrogens with zero attached hydrogens (tertiary/aromatic N) is 2. The van der Waals surface area contributed by atoms with E-state index in [1.54, 1.807) is 6.92 Å². The lowest BCUT2D eigenvalue weighted by Crippen LogP contribution is -2.30. The van der Waals surface area contributed by atoms with Gasteiger partial charge in [0.15, 0.2) is 23.3 Å². The van der Waals surface area contributed by atoms with E-state index in [0.717, 1.165) is 24.3 Å². The quantitative estimate of drug-likeness (QED) is 0.457. The Morgan fingerprint density at radius 3 is 2.29 bits per heavy atom. The summed E-state index contributed by atoms with van der Waals surface area (Å²) in [6.07, 6.45) is 1.43. The number of ether oxygens (including phenoxy) is 1. The summed E-state index contributed by atoms with van der Waals surface area (Å²) in [5, 5.41) is 0.958. The first-order valence-electron chi connectivity index (χ1n) is 9.27. The number of aromatic nitrogens is 2. The van der Waals surface area contributed by atoms with Gasteiger partial charge in [-0.15, -0.1) is 0 Å². The van der Waals surface area contributed by atoms with Crippen molar-refractivity contribution in [3.63, 3.8) is 0 Å². The summed E-state index contributed by atoms with van der Waals surface area (Å²) in [7, 11) is 2.89. The van der Waals surface area contributed by atoms with Crippen LogP contribution in [0.25, 0.3) is 21.7 Å². The number of rotatable bonds is 4. The molecule has 1 amide bonds. The first-order valence-corrected chi connectivity index (χ1v) is 9.27. The van der Waals surface area contributed by atoms with Crippen LogP contribution in [-0.4, -0.2) is 34.9 Å². The van der Waals surface area contributed by atoms with Crippen LogP contribution in [0.4, 0.5) is 17.6 Å². The van der Waals surface area contributed by atoms with Gasteiger partial charge in [-0.25, -0.2) is 22.5 Å². The summed E-state index contributed by atoms with van der Waals surface area (Å²) in [4.78, 5) is 21.3. The Morgan fingerprint density at radius 2 is 1.61 bits per heavy atom. The molecular weight excluding hydrogens is 414 g/mol. The number of nitrogens with one attached hydrogen (secondary N) is 1. The van der Waals surface area contributed by atoms with E-state index in [1.807, 2.05) is 0 Å². The van der Waals surface area contributed by atoms with Crippen molar-refractivity contribution in [2.24, 2.45) is 0 Å². The second-order valence-corrected chi connectivity index (χ2v) is 7.16. The van der Waals surface area contributed by atoms with Gasteiger partial charge < -0.3 is 14.6 Å². The zero-order valence-corrected chi connectivity index (χ0v) is 16.8. The third kappa shape index (κ3) is 3.45. The Morgan fingerprint density at radius 1 is 1.00 bits per heavy atom. The maximum atomic E-state index is 14.0. The van der Waals surface area contributed by atoms with Crippen molar-refractivity contribution >= 4 is 27.6 Å². The molecule has 2 aromatic heterocycles. The van der Waals surface area contributed by atoms with E-state index >= 15 is 0 Å². The van der Waals surface area contributed by atoms with Gasteiger partial charge in [0.05, 0.1) is 13.2 Å². The topological polar surface area (TPSA) is 58.2 Å². The second-order valence-electron chi connectivity index (χ2n) is 7.16. The first kappa shape index (κ1) is 20.6. The lowest BCUT2D eigenvalue weighted by molar-refractivity contribution is 0.0738. The highest BCUT2D eigenvalue weighted by Crippen LogP contribution is 2.33. The summed E-state index contributed by atoms with van der Waals surface area (Å²) in [6.45, 7) is 1.70. The van der Waals surface area contributed by atoms with Crippen molar-refractivity contribution in [3.05, 3.63) is 71.1 Å². The summed E-state index contributed by atoms with van der Waals surface area (Å²) >= 11 is 0. The molecule has 4 aromatic rings. The molecule has 160 valence electrons. The molecule has 9 heteroatoms. The van der Waals surface area contributed by atoms with Crippen LogP contribution < -0.4 is 4.74 Å². The van der Waals surface area contributed by atoms with Crippen LogP contribution in [0.2, 0.25) is 0 Å². The number of hydrogen-bond donors (Lipinski definition) is 1. The zero-order valence-electron chi connectivity index (χ0n) is 16.8. The molecule has 1 atom stereocenters. The average Bonchev–Trinajstić information content (AvgIpc) is 3.15. The summed E-state index contributed by atoms with van der Waals surface area (Å²) < 4.78 is 59.8. The lowest BCUT2D eigenvalue weighted by atomic mass is 10.0. The van der Waals surface area contributed by atoms with Crippen molar-refractivity contribution in [3.8, 4) is 5.88 Å². The molecule has 5 nitrogen and oxygen atoms in total. The number of amides is 1. The van der Waals surface area contributed by atoms with Gasteiger partial charge in [0, 0.05) is 41.2 Å². The molecule has 2 heterocycles. The van der Waals surface area contributed by atoms with Crippen LogP contribution in [0.15, 0.2) is 36.5 Å². The van der Waals surface area contributed by atoms with Crippen molar-refractivity contribution in [2.45, 2.75) is 13.0 Å². The summed E-state index contributed by atoms with van der Waals surface area (Å²) in [6, 6.07) is 4.83. The second kappa shape index (κ2) is 7.57. The maximum Gasteiger partial charge on any atom is 0.270 e. The van der Waals surface area contributed by atoms with Gasteiger partial charge in [-0.2, -0.15) is 0 Å². The van der Waals surface area contributed by atoms with E-state index in [9.17, 15) is 22.4 Å². The molecule has 0 radical (unpaired) electrons. The Balaban J connectivity index is 1.74. The highest BCUT2D eigenvalue weighted by atomic mass is 19.2. The van der Waals surface area contributed by atoms with Crippen LogP contribution in [-0.2, 0) is 0 Å². The molecule has 0 spiro atoms. The van der Waals surface area contributed by atoms with E-state index in [4.69, 9.17) is 4.74 Å². The monoisotopic (exact) mass is 431 g/mol. The predicted molar refractivity (Wildman–Crippen MR) is 107 cm³/mol. The molecule has 0 fully saturated rings. The van der Waals surface area contributed by atoms with E-state index < -0.39 is 35.2 Å². The highest BCUT2D eigenvalue weighted by Gasteiger charge is 2.24. The number of carbonyl (C=O) groups excluding carboxylic acids is 1. The van der Waals surface area contributed by atoms with Crippen molar-refractivity contribution in [1.29, 1.82) is 0 Å². The highest BCUT2D eigenvalue weighted by molar-refractivity contribution is 5.98. The Bertz CT molecular complexity index is 1300. The van der Waals surface area contributed by atoms with E-state index in [-0.39, 0.29) is 22.5 Å². The standard InChI is InChI=1S/C22H17F4N3O2/c1-10(14-9-27-21(31-3)13-7-17(25)16(24)6-12(13)14)29(2)22(30)20-5-11-4-15(23)18(26)8-19(11)28-20/h4-10,28H,1-3H3. The van der Waals surface area contributed by atoms with E-state index in [0.29, 0.717) is 16.3 Å². The number of H-pyrrole nitrogens is 1. The minimum absolute atomic E-state index is 0.123. The fourth-order valence-corrected chi connectivity index (χ4v) is 3.54. The van der Waals surface area contributed by atoms with Gasteiger partial charge in [-0.1, -0.05) is 0 Å². The lowest BCUT2D eigenvalue weighted by Gasteiger charge is -2.26. The van der Waals surface area contributed by atoms with Gasteiger partial charge in [-0.3, -0.25) is 4.79 Å². The fourth-order valence-electron chi connectivity index (χ4n) is 3.54. The number of methoxy groups -OCH3 is 1. The zero-order chi connectivity index (χ0) is 22.4. The number of carbonyl (C=O) groups is 1. The molecule has 0 aliphatic carbocycles. The number of pyridine rings is 1. The van der Waals surface area contributed by atoms with Crippen molar-refractivity contribution in [2.75, 3.05) is 14.2 Å². The number of hydrogen-bond acceptors (Lipinski definition) is 3. The SMILES string of the molecule is COc1ncc(C(C)N(C)C(=O)c2cc3cc(F)c(F)cc3[nH]2)c2cc(F)c(F)cc12. The van der Waals surface area contributed by atoms with Crippen LogP contribution in [0.3, 0.4) is 0 Å². The molecule has 0 aliphatic heterocycles. The number of fused-ring (bicyclic) bond motifs is 2. The van der Waals surface area contributed by atoms with Gasteiger partial charge in [0.2, 0.25) is 5.88 Å². The largest absolute Gasteiger partial charge is 0.481 e. The van der Waals surface area contributed by atoms with Crippen molar-refractivity contribution in [1.82, 2.24) is 14.9 Å². The van der Waals surface area contributed by atoms with E-state index in [1.165, 1.54) is 31.3 Å². The molecule has 0 aliphatic rings. The number of halogens is 4. The fraction of sp³-hybridized carbons (Fsp3) is 0.182. The van der Waals surface area contributed by atoms with Crippen LogP contribution >= 0.6 is 0 Å². The molecule has 0 bridgehead atoms. The van der Waals surface area contributed by atoms with E-state index in [2.05, 4.69) is 9.97 Å². The number of aromatic amines is 1.